The molecular weight excluding hydrogens is 310 g/mol. The third-order valence-corrected chi connectivity index (χ3v) is 2.87. The Bertz CT molecular complexity index is 557. The largest absolute Gasteiger partial charge is 0.516 e. The monoisotopic (exact) mass is 329 g/mol. The lowest BCUT2D eigenvalue weighted by atomic mass is 10.1. The second kappa shape index (κ2) is 7.89. The van der Waals surface area contributed by atoms with Crippen molar-refractivity contribution >= 4 is 29.4 Å². The minimum atomic E-state index is -1.05. The maximum absolute atomic E-state index is 12.1. The maximum atomic E-state index is 12.1. The highest BCUT2D eigenvalue weighted by molar-refractivity contribution is 6.31. The first-order chi connectivity index (χ1) is 10.3. The molecular formula is C15H20ClNO5. The third kappa shape index (κ3) is 4.80. The molecule has 0 saturated heterocycles. The molecule has 0 aliphatic rings. The summed E-state index contributed by atoms with van der Waals surface area (Å²) >= 11 is 6.00. The lowest BCUT2D eigenvalue weighted by Crippen LogP contribution is -2.18. The summed E-state index contributed by atoms with van der Waals surface area (Å²) in [6, 6.07) is 3.03. The maximum Gasteiger partial charge on any atom is 0.516 e. The van der Waals surface area contributed by atoms with Crippen LogP contribution in [0.25, 0.3) is 0 Å². The normalized spacial score (nSPS) is 10.3. The van der Waals surface area contributed by atoms with Crippen LogP contribution in [0.2, 0.25) is 5.02 Å². The molecule has 0 amide bonds. The van der Waals surface area contributed by atoms with E-state index in [-0.39, 0.29) is 23.8 Å². The Morgan fingerprint density at radius 1 is 1.27 bits per heavy atom. The van der Waals surface area contributed by atoms with Crippen LogP contribution < -0.4 is 9.64 Å². The number of hydrogen-bond donors (Lipinski definition) is 0. The van der Waals surface area contributed by atoms with Crippen molar-refractivity contribution in [2.24, 2.45) is 5.92 Å². The van der Waals surface area contributed by atoms with Gasteiger partial charge in [-0.2, -0.15) is 0 Å². The topological polar surface area (TPSA) is 65.1 Å². The molecule has 6 nitrogen and oxygen atoms in total. The molecule has 0 saturated carbocycles. The SMILES string of the molecule is COc1c(C(=O)OC(=O)OCC(C)C)cc(Cl)cc1N(C)C. The van der Waals surface area contributed by atoms with Crippen LogP contribution in [-0.4, -0.2) is 39.9 Å². The van der Waals surface area contributed by atoms with Gasteiger partial charge in [0.05, 0.1) is 19.4 Å². The van der Waals surface area contributed by atoms with Gasteiger partial charge in [-0.25, -0.2) is 9.59 Å². The molecule has 0 aliphatic carbocycles. The second-order valence-corrected chi connectivity index (χ2v) is 5.68. The summed E-state index contributed by atoms with van der Waals surface area (Å²) in [6.45, 7) is 3.92. The highest BCUT2D eigenvalue weighted by Gasteiger charge is 2.23. The van der Waals surface area contributed by atoms with Gasteiger partial charge in [-0.15, -0.1) is 0 Å². The first-order valence-corrected chi connectivity index (χ1v) is 7.07. The van der Waals surface area contributed by atoms with E-state index in [2.05, 4.69) is 4.74 Å². The highest BCUT2D eigenvalue weighted by atomic mass is 35.5. The fraction of sp³-hybridized carbons (Fsp3) is 0.467. The van der Waals surface area contributed by atoms with Crippen LogP contribution in [0.3, 0.4) is 0 Å². The predicted molar refractivity (Wildman–Crippen MR) is 83.9 cm³/mol. The van der Waals surface area contributed by atoms with Crippen molar-refractivity contribution in [2.45, 2.75) is 13.8 Å². The molecule has 0 heterocycles. The zero-order valence-electron chi connectivity index (χ0n) is 13.3. The van der Waals surface area contributed by atoms with Gasteiger partial charge >= 0.3 is 12.1 Å². The van der Waals surface area contributed by atoms with Crippen LogP contribution in [0.4, 0.5) is 10.5 Å². The van der Waals surface area contributed by atoms with Gasteiger partial charge in [0.15, 0.2) is 5.75 Å². The summed E-state index contributed by atoms with van der Waals surface area (Å²) in [5.74, 6) is -0.462. The summed E-state index contributed by atoms with van der Waals surface area (Å²) in [5.41, 5.74) is 0.651. The predicted octanol–water partition coefficient (Wildman–Crippen LogP) is 3.36. The van der Waals surface area contributed by atoms with Gasteiger partial charge in [0.2, 0.25) is 0 Å². The molecule has 0 radical (unpaired) electrons. The summed E-state index contributed by atoms with van der Waals surface area (Å²) in [7, 11) is 4.98. The van der Waals surface area contributed by atoms with E-state index in [1.165, 1.54) is 13.2 Å². The van der Waals surface area contributed by atoms with E-state index in [4.69, 9.17) is 21.1 Å². The average Bonchev–Trinajstić information content (AvgIpc) is 2.43. The molecule has 0 spiro atoms. The number of benzene rings is 1. The van der Waals surface area contributed by atoms with Crippen molar-refractivity contribution in [3.63, 3.8) is 0 Å². The van der Waals surface area contributed by atoms with Gasteiger partial charge in [0.25, 0.3) is 0 Å². The van der Waals surface area contributed by atoms with E-state index < -0.39 is 12.1 Å². The van der Waals surface area contributed by atoms with Crippen LogP contribution >= 0.6 is 11.6 Å². The Morgan fingerprint density at radius 2 is 1.91 bits per heavy atom. The van der Waals surface area contributed by atoms with E-state index in [1.807, 2.05) is 13.8 Å². The van der Waals surface area contributed by atoms with Crippen LogP contribution in [0, 0.1) is 5.92 Å². The Hall–Kier alpha value is -1.95. The van der Waals surface area contributed by atoms with E-state index in [9.17, 15) is 9.59 Å². The van der Waals surface area contributed by atoms with Crippen LogP contribution in [0.5, 0.6) is 5.75 Å². The summed E-state index contributed by atoms with van der Waals surface area (Å²) < 4.78 is 14.7. The van der Waals surface area contributed by atoms with Crippen molar-refractivity contribution in [3.8, 4) is 5.75 Å². The molecule has 0 aliphatic heterocycles. The summed E-state index contributed by atoms with van der Waals surface area (Å²) in [5, 5.41) is 0.326. The van der Waals surface area contributed by atoms with Crippen molar-refractivity contribution in [1.29, 1.82) is 0 Å². The molecule has 0 atom stereocenters. The number of carbonyl (C=O) groups excluding carboxylic acids is 2. The fourth-order valence-electron chi connectivity index (χ4n) is 1.67. The van der Waals surface area contributed by atoms with Gasteiger partial charge in [-0.3, -0.25) is 0 Å². The van der Waals surface area contributed by atoms with E-state index >= 15 is 0 Å². The number of anilines is 1. The fourth-order valence-corrected chi connectivity index (χ4v) is 1.88. The quantitative estimate of drug-likeness (QED) is 0.609. The van der Waals surface area contributed by atoms with E-state index in [1.54, 1.807) is 25.1 Å². The molecule has 0 aromatic heterocycles. The Morgan fingerprint density at radius 3 is 2.41 bits per heavy atom. The number of esters is 1. The number of rotatable bonds is 5. The van der Waals surface area contributed by atoms with Crippen LogP contribution in [0.15, 0.2) is 12.1 Å². The van der Waals surface area contributed by atoms with Crippen molar-refractivity contribution in [3.05, 3.63) is 22.7 Å². The molecule has 22 heavy (non-hydrogen) atoms. The van der Waals surface area contributed by atoms with Crippen LogP contribution in [-0.2, 0) is 9.47 Å². The molecule has 0 unspecified atom stereocenters. The Labute approximate surface area is 134 Å². The molecule has 1 aromatic rings. The standard InChI is InChI=1S/C15H20ClNO5/c1-9(2)8-21-15(19)22-14(18)11-6-10(16)7-12(17(3)4)13(11)20-5/h6-7,9H,8H2,1-5H3. The molecule has 7 heteroatoms. The van der Waals surface area contributed by atoms with Crippen LogP contribution in [0.1, 0.15) is 24.2 Å². The van der Waals surface area contributed by atoms with Crippen molar-refractivity contribution < 1.29 is 23.8 Å². The minimum absolute atomic E-state index is 0.0557. The third-order valence-electron chi connectivity index (χ3n) is 2.65. The molecule has 0 fully saturated rings. The van der Waals surface area contributed by atoms with Gasteiger partial charge in [0, 0.05) is 19.1 Å². The first-order valence-electron chi connectivity index (χ1n) is 6.70. The number of carbonyl (C=O) groups is 2. The summed E-state index contributed by atoms with van der Waals surface area (Å²) in [6.07, 6.45) is -1.05. The lowest BCUT2D eigenvalue weighted by molar-refractivity contribution is 0.0348. The van der Waals surface area contributed by atoms with Gasteiger partial charge in [-0.05, 0) is 18.1 Å². The first kappa shape index (κ1) is 18.1. The molecule has 1 aromatic carbocycles. The molecule has 0 bridgehead atoms. The smallest absolute Gasteiger partial charge is 0.494 e. The minimum Gasteiger partial charge on any atom is -0.494 e. The number of nitrogens with zero attached hydrogens (tertiary/aromatic N) is 1. The lowest BCUT2D eigenvalue weighted by Gasteiger charge is -2.19. The van der Waals surface area contributed by atoms with Crippen molar-refractivity contribution in [2.75, 3.05) is 32.7 Å². The van der Waals surface area contributed by atoms with Crippen molar-refractivity contribution in [1.82, 2.24) is 0 Å². The zero-order chi connectivity index (χ0) is 16.9. The average molecular weight is 330 g/mol. The second-order valence-electron chi connectivity index (χ2n) is 5.24. The molecule has 0 N–H and O–H groups in total. The number of hydrogen-bond acceptors (Lipinski definition) is 6. The number of methoxy groups -OCH3 is 1. The highest BCUT2D eigenvalue weighted by Crippen LogP contribution is 2.34. The Balaban J connectivity index is 3.00. The zero-order valence-corrected chi connectivity index (χ0v) is 14.1. The summed E-state index contributed by atoms with van der Waals surface area (Å²) in [4.78, 5) is 25.3. The Kier molecular flexibility index (Phi) is 6.49. The van der Waals surface area contributed by atoms with E-state index in [0.29, 0.717) is 10.7 Å². The molecule has 1 rings (SSSR count). The van der Waals surface area contributed by atoms with E-state index in [0.717, 1.165) is 0 Å². The van der Waals surface area contributed by atoms with Gasteiger partial charge in [0.1, 0.15) is 5.56 Å². The van der Waals surface area contributed by atoms with Gasteiger partial charge in [-0.1, -0.05) is 25.4 Å². The number of ether oxygens (including phenoxy) is 3. The number of halogens is 1. The van der Waals surface area contributed by atoms with Gasteiger partial charge < -0.3 is 19.1 Å². The molecule has 122 valence electrons.